The predicted octanol–water partition coefficient (Wildman–Crippen LogP) is 3.36. The molecule has 1 saturated heterocycles. The Bertz CT molecular complexity index is 902. The van der Waals surface area contributed by atoms with Crippen LogP contribution < -0.4 is 14.8 Å². The number of hydrogen-bond donors (Lipinski definition) is 1. The number of likely N-dealkylation sites (tertiary alicyclic amines) is 1. The van der Waals surface area contributed by atoms with Crippen molar-refractivity contribution in [3.05, 3.63) is 58.7 Å². The number of carbonyl (C=O) groups excluding carboxylic acids is 2. The Hall–Kier alpha value is -3.02. The van der Waals surface area contributed by atoms with E-state index in [0.717, 1.165) is 18.4 Å². The largest absolute Gasteiger partial charge is 0.493 e. The smallest absolute Gasteiger partial charge is 0.253 e. The molecule has 2 amide bonds. The number of hydrogen-bond acceptors (Lipinski definition) is 4. The van der Waals surface area contributed by atoms with E-state index >= 15 is 0 Å². The Morgan fingerprint density at radius 3 is 2.17 bits per heavy atom. The SMILES string of the molecule is COc1ccc(C(=O)N2CCC(NC(=O)c3ccc(C)c(C)c3)CC2)cc1OC. The van der Waals surface area contributed by atoms with Gasteiger partial charge in [0, 0.05) is 30.3 Å². The van der Waals surface area contributed by atoms with Crippen LogP contribution in [0.1, 0.15) is 44.7 Å². The van der Waals surface area contributed by atoms with E-state index in [0.29, 0.717) is 35.7 Å². The number of nitrogens with one attached hydrogen (secondary N) is 1. The summed E-state index contributed by atoms with van der Waals surface area (Å²) in [4.78, 5) is 27.2. The Kier molecular flexibility index (Phi) is 6.42. The third-order valence-corrected chi connectivity index (χ3v) is 5.52. The fraction of sp³-hybridized carbons (Fsp3) is 0.391. The first-order valence-corrected chi connectivity index (χ1v) is 9.82. The molecule has 0 aliphatic carbocycles. The third-order valence-electron chi connectivity index (χ3n) is 5.52. The number of amides is 2. The highest BCUT2D eigenvalue weighted by Gasteiger charge is 2.25. The van der Waals surface area contributed by atoms with Gasteiger partial charge >= 0.3 is 0 Å². The summed E-state index contributed by atoms with van der Waals surface area (Å²) in [6, 6.07) is 11.0. The van der Waals surface area contributed by atoms with Crippen LogP contribution in [0, 0.1) is 13.8 Å². The average molecular weight is 396 g/mol. The number of rotatable bonds is 5. The molecule has 0 atom stereocenters. The first-order valence-electron chi connectivity index (χ1n) is 9.82. The zero-order valence-electron chi connectivity index (χ0n) is 17.5. The van der Waals surface area contributed by atoms with Crippen molar-refractivity contribution in [1.29, 1.82) is 0 Å². The van der Waals surface area contributed by atoms with E-state index in [4.69, 9.17) is 9.47 Å². The van der Waals surface area contributed by atoms with Crippen LogP contribution in [-0.2, 0) is 0 Å². The van der Waals surface area contributed by atoms with E-state index in [1.807, 2.05) is 36.9 Å². The minimum Gasteiger partial charge on any atom is -0.493 e. The fourth-order valence-corrected chi connectivity index (χ4v) is 3.53. The molecule has 6 heteroatoms. The summed E-state index contributed by atoms with van der Waals surface area (Å²) in [7, 11) is 3.12. The van der Waals surface area contributed by atoms with Crippen molar-refractivity contribution in [3.63, 3.8) is 0 Å². The maximum Gasteiger partial charge on any atom is 0.253 e. The molecule has 0 spiro atoms. The first kappa shape index (κ1) is 20.7. The minimum absolute atomic E-state index is 0.0371. The number of aryl methyl sites for hydroxylation is 2. The number of nitrogens with zero attached hydrogens (tertiary/aromatic N) is 1. The van der Waals surface area contributed by atoms with Crippen LogP contribution in [0.4, 0.5) is 0 Å². The molecule has 0 aromatic heterocycles. The molecule has 2 aromatic rings. The van der Waals surface area contributed by atoms with Gasteiger partial charge in [-0.15, -0.1) is 0 Å². The van der Waals surface area contributed by atoms with Gasteiger partial charge in [0.05, 0.1) is 14.2 Å². The van der Waals surface area contributed by atoms with Gasteiger partial charge in [0.1, 0.15) is 0 Å². The lowest BCUT2D eigenvalue weighted by molar-refractivity contribution is 0.0697. The van der Waals surface area contributed by atoms with Gasteiger partial charge < -0.3 is 19.7 Å². The summed E-state index contributed by atoms with van der Waals surface area (Å²) in [6.45, 7) is 5.24. The molecule has 29 heavy (non-hydrogen) atoms. The predicted molar refractivity (Wildman–Crippen MR) is 112 cm³/mol. The number of ether oxygens (including phenoxy) is 2. The molecule has 1 fully saturated rings. The maximum atomic E-state index is 12.8. The summed E-state index contributed by atoms with van der Waals surface area (Å²) in [6.07, 6.45) is 1.46. The van der Waals surface area contributed by atoms with Crippen LogP contribution in [0.15, 0.2) is 36.4 Å². The molecule has 1 aliphatic rings. The molecule has 0 bridgehead atoms. The van der Waals surface area contributed by atoms with Crippen molar-refractivity contribution in [1.82, 2.24) is 10.2 Å². The van der Waals surface area contributed by atoms with Gasteiger partial charge in [0.15, 0.2) is 11.5 Å². The maximum absolute atomic E-state index is 12.8. The summed E-state index contributed by atoms with van der Waals surface area (Å²) in [5.41, 5.74) is 3.52. The second kappa shape index (κ2) is 8.99. The molecule has 0 radical (unpaired) electrons. The molecule has 1 N–H and O–H groups in total. The lowest BCUT2D eigenvalue weighted by Crippen LogP contribution is -2.46. The molecule has 1 heterocycles. The molecule has 2 aromatic carbocycles. The molecule has 1 aliphatic heterocycles. The lowest BCUT2D eigenvalue weighted by Gasteiger charge is -2.32. The van der Waals surface area contributed by atoms with Gasteiger partial charge in [-0.1, -0.05) is 6.07 Å². The summed E-state index contributed by atoms with van der Waals surface area (Å²) in [5, 5.41) is 3.10. The van der Waals surface area contributed by atoms with Crippen LogP contribution >= 0.6 is 0 Å². The molecule has 0 saturated carbocycles. The van der Waals surface area contributed by atoms with Crippen molar-refractivity contribution >= 4 is 11.8 Å². The summed E-state index contributed by atoms with van der Waals surface area (Å²) >= 11 is 0. The summed E-state index contributed by atoms with van der Waals surface area (Å²) < 4.78 is 10.5. The third kappa shape index (κ3) is 4.70. The van der Waals surface area contributed by atoms with Crippen LogP contribution in [-0.4, -0.2) is 50.1 Å². The number of benzene rings is 2. The van der Waals surface area contributed by atoms with Gasteiger partial charge in [-0.2, -0.15) is 0 Å². The minimum atomic E-state index is -0.0576. The van der Waals surface area contributed by atoms with Crippen LogP contribution in [0.2, 0.25) is 0 Å². The molecule has 0 unspecified atom stereocenters. The average Bonchev–Trinajstić information content (AvgIpc) is 2.75. The highest BCUT2D eigenvalue weighted by atomic mass is 16.5. The van der Waals surface area contributed by atoms with Gasteiger partial charge in [-0.3, -0.25) is 9.59 Å². The Morgan fingerprint density at radius 2 is 1.55 bits per heavy atom. The molecule has 3 rings (SSSR count). The molecular weight excluding hydrogens is 368 g/mol. The van der Waals surface area contributed by atoms with E-state index in [1.165, 1.54) is 5.56 Å². The van der Waals surface area contributed by atoms with Crippen LogP contribution in [0.3, 0.4) is 0 Å². The van der Waals surface area contributed by atoms with Gasteiger partial charge in [-0.25, -0.2) is 0 Å². The first-order chi connectivity index (χ1) is 13.9. The van der Waals surface area contributed by atoms with E-state index in [9.17, 15) is 9.59 Å². The van der Waals surface area contributed by atoms with E-state index in [2.05, 4.69) is 5.32 Å². The van der Waals surface area contributed by atoms with Crippen LogP contribution in [0.5, 0.6) is 11.5 Å². The van der Waals surface area contributed by atoms with Crippen LogP contribution in [0.25, 0.3) is 0 Å². The molecule has 6 nitrogen and oxygen atoms in total. The zero-order chi connectivity index (χ0) is 21.0. The monoisotopic (exact) mass is 396 g/mol. The Morgan fingerprint density at radius 1 is 0.897 bits per heavy atom. The van der Waals surface area contributed by atoms with Crippen molar-refractivity contribution < 1.29 is 19.1 Å². The number of piperidine rings is 1. The second-order valence-corrected chi connectivity index (χ2v) is 7.41. The Labute approximate surface area is 171 Å². The standard InChI is InChI=1S/C23H28N2O4/c1-15-5-6-17(13-16(15)2)22(26)24-19-9-11-25(12-10-19)23(27)18-7-8-20(28-3)21(14-18)29-4/h5-8,13-14,19H,9-12H2,1-4H3,(H,24,26). The van der Waals surface area contributed by atoms with Crippen molar-refractivity contribution in [3.8, 4) is 11.5 Å². The highest BCUT2D eigenvalue weighted by molar-refractivity contribution is 5.95. The summed E-state index contributed by atoms with van der Waals surface area (Å²) in [5.74, 6) is 1.04. The molecular formula is C23H28N2O4. The van der Waals surface area contributed by atoms with Crippen molar-refractivity contribution in [2.75, 3.05) is 27.3 Å². The Balaban J connectivity index is 1.58. The van der Waals surface area contributed by atoms with Gasteiger partial charge in [-0.05, 0) is 68.1 Å². The topological polar surface area (TPSA) is 67.9 Å². The molecule has 154 valence electrons. The van der Waals surface area contributed by atoms with E-state index in [-0.39, 0.29) is 17.9 Å². The number of carbonyl (C=O) groups is 2. The fourth-order valence-electron chi connectivity index (χ4n) is 3.53. The zero-order valence-corrected chi connectivity index (χ0v) is 17.5. The number of methoxy groups -OCH3 is 2. The normalized spacial score (nSPS) is 14.4. The second-order valence-electron chi connectivity index (χ2n) is 7.41. The van der Waals surface area contributed by atoms with E-state index in [1.54, 1.807) is 32.4 Å². The highest BCUT2D eigenvalue weighted by Crippen LogP contribution is 2.28. The quantitative estimate of drug-likeness (QED) is 0.842. The lowest BCUT2D eigenvalue weighted by atomic mass is 10.0. The van der Waals surface area contributed by atoms with Gasteiger partial charge in [0.25, 0.3) is 11.8 Å². The van der Waals surface area contributed by atoms with E-state index < -0.39 is 0 Å². The van der Waals surface area contributed by atoms with Gasteiger partial charge in [0.2, 0.25) is 0 Å². The van der Waals surface area contributed by atoms with Crippen molar-refractivity contribution in [2.24, 2.45) is 0 Å². The van der Waals surface area contributed by atoms with Crippen molar-refractivity contribution in [2.45, 2.75) is 32.7 Å².